The number of ether oxygens (including phenoxy) is 1. The topological polar surface area (TPSA) is 110 Å². The van der Waals surface area contributed by atoms with Gasteiger partial charge in [-0.05, 0) is 45.2 Å². The van der Waals surface area contributed by atoms with E-state index in [1.54, 1.807) is 33.8 Å². The Hall–Kier alpha value is -2.90. The van der Waals surface area contributed by atoms with E-state index in [0.29, 0.717) is 17.5 Å². The number of aryl methyl sites for hydroxylation is 1. The molecule has 27 heavy (non-hydrogen) atoms. The van der Waals surface area contributed by atoms with E-state index in [-0.39, 0.29) is 17.3 Å². The molecular formula is C19H22N2O6. The van der Waals surface area contributed by atoms with Crippen LogP contribution in [0.25, 0.3) is 0 Å². The Kier molecular flexibility index (Phi) is 4.45. The highest BCUT2D eigenvalue weighted by Gasteiger charge is 2.51. The minimum atomic E-state index is -1.24. The maximum atomic E-state index is 12.9. The fourth-order valence-corrected chi connectivity index (χ4v) is 3.91. The number of hydrogen-bond acceptors (Lipinski definition) is 5. The quantitative estimate of drug-likeness (QED) is 0.479. The van der Waals surface area contributed by atoms with Crippen molar-refractivity contribution in [3.63, 3.8) is 0 Å². The molecule has 0 spiro atoms. The highest BCUT2D eigenvalue weighted by atomic mass is 16.6. The predicted molar refractivity (Wildman–Crippen MR) is 98.0 cm³/mol. The standard InChI is InChI=1S/C19H22N2O6/c1-10-8-13-11-6-5-7-12(11)16(17(22)23)20(18(24)27-19(2,3)4)15(13)14(9-10)21(25)26/h5-6,8-9,11-12,16H,7H2,1-4H3,(H,22,23)/t11-,12+,16-/m0/s1. The zero-order valence-corrected chi connectivity index (χ0v) is 15.6. The maximum Gasteiger partial charge on any atom is 0.415 e. The molecule has 2 aliphatic rings. The summed E-state index contributed by atoms with van der Waals surface area (Å²) in [5.41, 5.74) is 0.118. The molecule has 1 heterocycles. The number of nitro groups is 1. The lowest BCUT2D eigenvalue weighted by molar-refractivity contribution is -0.384. The molecule has 3 rings (SSSR count). The Morgan fingerprint density at radius 1 is 1.33 bits per heavy atom. The normalized spacial score (nSPS) is 23.6. The molecule has 0 bridgehead atoms. The lowest BCUT2D eigenvalue weighted by Gasteiger charge is -2.41. The first-order chi connectivity index (χ1) is 12.5. The monoisotopic (exact) mass is 374 g/mol. The van der Waals surface area contributed by atoms with Gasteiger partial charge in [-0.2, -0.15) is 0 Å². The molecule has 0 aromatic heterocycles. The summed E-state index contributed by atoms with van der Waals surface area (Å²) in [6.45, 7) is 6.72. The Morgan fingerprint density at radius 3 is 2.56 bits per heavy atom. The molecule has 144 valence electrons. The fourth-order valence-electron chi connectivity index (χ4n) is 3.91. The number of rotatable bonds is 2. The van der Waals surface area contributed by atoms with E-state index in [1.165, 1.54) is 6.07 Å². The number of carboxylic acid groups (broad SMARTS) is 1. The molecule has 0 saturated heterocycles. The summed E-state index contributed by atoms with van der Waals surface area (Å²) in [5.74, 6) is -1.90. The minimum Gasteiger partial charge on any atom is -0.480 e. The number of nitrogens with zero attached hydrogens (tertiary/aromatic N) is 2. The lowest BCUT2D eigenvalue weighted by Crippen LogP contribution is -2.54. The molecule has 1 aliphatic carbocycles. The van der Waals surface area contributed by atoms with E-state index in [1.807, 2.05) is 12.2 Å². The highest BCUT2D eigenvalue weighted by Crippen LogP contribution is 2.51. The van der Waals surface area contributed by atoms with Crippen LogP contribution in [0.5, 0.6) is 0 Å². The number of fused-ring (bicyclic) bond motifs is 3. The van der Waals surface area contributed by atoms with Crippen LogP contribution < -0.4 is 4.90 Å². The Morgan fingerprint density at radius 2 is 2.00 bits per heavy atom. The predicted octanol–water partition coefficient (Wildman–Crippen LogP) is 3.77. The third kappa shape index (κ3) is 3.27. The minimum absolute atomic E-state index is 0.0139. The van der Waals surface area contributed by atoms with Crippen LogP contribution >= 0.6 is 0 Å². The largest absolute Gasteiger partial charge is 0.480 e. The summed E-state index contributed by atoms with van der Waals surface area (Å²) in [5, 5.41) is 21.6. The van der Waals surface area contributed by atoms with Crippen LogP contribution in [0, 0.1) is 23.0 Å². The molecule has 0 fully saturated rings. The zero-order valence-electron chi connectivity index (χ0n) is 15.6. The van der Waals surface area contributed by atoms with Gasteiger partial charge in [0.15, 0.2) is 0 Å². The van der Waals surface area contributed by atoms with Crippen molar-refractivity contribution in [2.75, 3.05) is 4.90 Å². The van der Waals surface area contributed by atoms with Gasteiger partial charge in [0.25, 0.3) is 5.69 Å². The smallest absolute Gasteiger partial charge is 0.415 e. The summed E-state index contributed by atoms with van der Waals surface area (Å²) >= 11 is 0. The first kappa shape index (κ1) is 18.9. The Balaban J connectivity index is 2.27. The van der Waals surface area contributed by atoms with Crippen molar-refractivity contribution in [2.45, 2.75) is 51.7 Å². The number of aliphatic carboxylic acids is 1. The molecule has 1 amide bonds. The molecule has 1 aliphatic heterocycles. The van der Waals surface area contributed by atoms with Crippen LogP contribution in [0.15, 0.2) is 24.3 Å². The summed E-state index contributed by atoms with van der Waals surface area (Å²) in [6.07, 6.45) is 3.31. The van der Waals surface area contributed by atoms with Gasteiger partial charge in [-0.3, -0.25) is 15.0 Å². The second-order valence-corrected chi connectivity index (χ2v) is 7.97. The second-order valence-electron chi connectivity index (χ2n) is 7.97. The van der Waals surface area contributed by atoms with Gasteiger partial charge in [-0.1, -0.05) is 18.2 Å². The molecule has 1 aromatic rings. The molecule has 3 atom stereocenters. The van der Waals surface area contributed by atoms with Crippen LogP contribution in [0.3, 0.4) is 0 Å². The number of nitro benzene ring substituents is 1. The molecule has 0 unspecified atom stereocenters. The van der Waals surface area contributed by atoms with Crippen LogP contribution in [0.4, 0.5) is 16.2 Å². The zero-order chi connectivity index (χ0) is 20.1. The molecular weight excluding hydrogens is 352 g/mol. The Bertz CT molecular complexity index is 854. The number of hydrogen-bond donors (Lipinski definition) is 1. The first-order valence-corrected chi connectivity index (χ1v) is 8.72. The van der Waals surface area contributed by atoms with Crippen molar-refractivity contribution < 1.29 is 24.4 Å². The van der Waals surface area contributed by atoms with Gasteiger partial charge >= 0.3 is 12.1 Å². The van der Waals surface area contributed by atoms with Crippen molar-refractivity contribution in [1.82, 2.24) is 0 Å². The van der Waals surface area contributed by atoms with Crippen LogP contribution in [0.2, 0.25) is 0 Å². The molecule has 1 aromatic carbocycles. The van der Waals surface area contributed by atoms with E-state index in [2.05, 4.69) is 0 Å². The number of allylic oxidation sites excluding steroid dienone is 2. The van der Waals surface area contributed by atoms with Gasteiger partial charge in [0.1, 0.15) is 17.3 Å². The number of anilines is 1. The lowest BCUT2D eigenvalue weighted by atomic mass is 9.77. The van der Waals surface area contributed by atoms with Crippen LogP contribution in [-0.2, 0) is 9.53 Å². The molecule has 8 nitrogen and oxygen atoms in total. The number of carbonyl (C=O) groups is 2. The third-order valence-corrected chi connectivity index (χ3v) is 4.80. The van der Waals surface area contributed by atoms with Crippen molar-refractivity contribution >= 4 is 23.4 Å². The summed E-state index contributed by atoms with van der Waals surface area (Å²) in [4.78, 5) is 37.1. The van der Waals surface area contributed by atoms with Crippen molar-refractivity contribution in [3.05, 3.63) is 45.5 Å². The summed E-state index contributed by atoms with van der Waals surface area (Å²) in [7, 11) is 0. The first-order valence-electron chi connectivity index (χ1n) is 8.72. The van der Waals surface area contributed by atoms with Crippen molar-refractivity contribution in [1.29, 1.82) is 0 Å². The van der Waals surface area contributed by atoms with E-state index in [4.69, 9.17) is 4.74 Å². The fraction of sp³-hybridized carbons (Fsp3) is 0.474. The van der Waals surface area contributed by atoms with E-state index < -0.39 is 34.5 Å². The molecule has 0 radical (unpaired) electrons. The number of carboxylic acids is 1. The van der Waals surface area contributed by atoms with E-state index in [0.717, 1.165) is 4.90 Å². The van der Waals surface area contributed by atoms with Crippen molar-refractivity contribution in [3.8, 4) is 0 Å². The third-order valence-electron chi connectivity index (χ3n) is 4.80. The number of carbonyl (C=O) groups excluding carboxylic acids is 1. The second kappa shape index (κ2) is 6.37. The number of amides is 1. The average Bonchev–Trinajstić information content (AvgIpc) is 3.00. The maximum absolute atomic E-state index is 12.9. The van der Waals surface area contributed by atoms with E-state index >= 15 is 0 Å². The van der Waals surface area contributed by atoms with Gasteiger partial charge in [0, 0.05) is 17.9 Å². The molecule has 0 saturated carbocycles. The van der Waals surface area contributed by atoms with E-state index in [9.17, 15) is 24.8 Å². The van der Waals surface area contributed by atoms with Gasteiger partial charge in [-0.25, -0.2) is 9.59 Å². The Labute approximate surface area is 156 Å². The van der Waals surface area contributed by atoms with Gasteiger partial charge in [0.05, 0.1) is 4.92 Å². The number of benzene rings is 1. The SMILES string of the molecule is Cc1cc2c(c([N+](=O)[O-])c1)N(C(=O)OC(C)(C)C)[C@H](C(=O)O)[C@@H]1CC=C[C@H]21. The van der Waals surface area contributed by atoms with Gasteiger partial charge in [0.2, 0.25) is 0 Å². The molecule has 8 heteroatoms. The van der Waals surface area contributed by atoms with Gasteiger partial charge < -0.3 is 9.84 Å². The van der Waals surface area contributed by atoms with Crippen LogP contribution in [0.1, 0.15) is 44.2 Å². The van der Waals surface area contributed by atoms with Crippen LogP contribution in [-0.4, -0.2) is 33.7 Å². The average molecular weight is 374 g/mol. The van der Waals surface area contributed by atoms with Gasteiger partial charge in [-0.15, -0.1) is 0 Å². The summed E-state index contributed by atoms with van der Waals surface area (Å²) in [6, 6.07) is 1.90. The van der Waals surface area contributed by atoms with Crippen molar-refractivity contribution in [2.24, 2.45) is 5.92 Å². The summed E-state index contributed by atoms with van der Waals surface area (Å²) < 4.78 is 5.41. The highest BCUT2D eigenvalue weighted by molar-refractivity contribution is 6.00. The molecule has 1 N–H and O–H groups in total.